The van der Waals surface area contributed by atoms with Crippen LogP contribution in [0.1, 0.15) is 0 Å². The third-order valence-corrected chi connectivity index (χ3v) is 8.63. The van der Waals surface area contributed by atoms with E-state index in [9.17, 15) is 0 Å². The van der Waals surface area contributed by atoms with E-state index in [2.05, 4.69) is 140 Å². The van der Waals surface area contributed by atoms with Gasteiger partial charge in [-0.3, -0.25) is 0 Å². The first-order chi connectivity index (χ1) is 20.4. The summed E-state index contributed by atoms with van der Waals surface area (Å²) < 4.78 is 6.52. The zero-order valence-electron chi connectivity index (χ0n) is 22.3. The number of para-hydroxylation sites is 1. The lowest BCUT2D eigenvalue weighted by atomic mass is 9.85. The van der Waals surface area contributed by atoms with E-state index in [-0.39, 0.29) is 0 Å². The fourth-order valence-electron chi connectivity index (χ4n) is 6.91. The fraction of sp³-hybridized carbons (Fsp3) is 0. The van der Waals surface area contributed by atoms with E-state index in [1.165, 1.54) is 65.3 Å². The molecule has 0 aliphatic rings. The number of fused-ring (bicyclic) bond motifs is 10. The number of rotatable bonds is 2. The van der Waals surface area contributed by atoms with Crippen LogP contribution in [0, 0.1) is 0 Å². The molecule has 1 heterocycles. The van der Waals surface area contributed by atoms with Crippen molar-refractivity contribution in [2.24, 2.45) is 0 Å². The van der Waals surface area contributed by atoms with Gasteiger partial charge in [-0.2, -0.15) is 0 Å². The lowest BCUT2D eigenvalue weighted by Crippen LogP contribution is -1.91. The van der Waals surface area contributed by atoms with E-state index in [0.717, 1.165) is 21.9 Å². The smallest absolute Gasteiger partial charge is 0.143 e. The second kappa shape index (κ2) is 8.55. The SMILES string of the molecule is c1ccc(-c2c3ccccc3c(-c3ccc4c(c3)c3ccccc3c3c5ccccc5oc43)c3ccccc23)cc1. The Hall–Kier alpha value is -5.40. The van der Waals surface area contributed by atoms with Gasteiger partial charge < -0.3 is 4.42 Å². The van der Waals surface area contributed by atoms with Gasteiger partial charge in [0.05, 0.1) is 0 Å². The molecule has 9 rings (SSSR count). The maximum absolute atomic E-state index is 6.52. The molecule has 1 nitrogen and oxygen atoms in total. The first kappa shape index (κ1) is 22.4. The van der Waals surface area contributed by atoms with Gasteiger partial charge in [-0.25, -0.2) is 0 Å². The van der Waals surface area contributed by atoms with Gasteiger partial charge in [0.2, 0.25) is 0 Å². The van der Waals surface area contributed by atoms with Gasteiger partial charge in [0.15, 0.2) is 0 Å². The molecule has 0 saturated heterocycles. The quantitative estimate of drug-likeness (QED) is 0.163. The van der Waals surface area contributed by atoms with Gasteiger partial charge in [0.1, 0.15) is 11.2 Å². The largest absolute Gasteiger partial charge is 0.455 e. The molecule has 0 unspecified atom stereocenters. The van der Waals surface area contributed by atoms with Crippen molar-refractivity contribution in [3.63, 3.8) is 0 Å². The van der Waals surface area contributed by atoms with Gasteiger partial charge in [-0.05, 0) is 78.2 Å². The lowest BCUT2D eigenvalue weighted by molar-refractivity contribution is 0.673. The highest BCUT2D eigenvalue weighted by Gasteiger charge is 2.19. The zero-order valence-corrected chi connectivity index (χ0v) is 22.3. The van der Waals surface area contributed by atoms with Crippen molar-refractivity contribution in [3.8, 4) is 22.3 Å². The summed E-state index contributed by atoms with van der Waals surface area (Å²) in [5.41, 5.74) is 6.90. The van der Waals surface area contributed by atoms with Crippen LogP contribution in [-0.4, -0.2) is 0 Å². The highest BCUT2D eigenvalue weighted by atomic mass is 16.3. The second-order valence-electron chi connectivity index (χ2n) is 10.8. The normalized spacial score (nSPS) is 11.9. The summed E-state index contributed by atoms with van der Waals surface area (Å²) in [5, 5.41) is 12.3. The molecule has 0 atom stereocenters. The molecule has 1 heteroatoms. The van der Waals surface area contributed by atoms with Crippen LogP contribution in [0.25, 0.3) is 87.3 Å². The molecule has 190 valence electrons. The van der Waals surface area contributed by atoms with Crippen LogP contribution in [0.15, 0.2) is 150 Å². The van der Waals surface area contributed by atoms with Gasteiger partial charge in [-0.15, -0.1) is 0 Å². The molecule has 8 aromatic carbocycles. The molecule has 41 heavy (non-hydrogen) atoms. The van der Waals surface area contributed by atoms with E-state index in [0.29, 0.717) is 0 Å². The highest BCUT2D eigenvalue weighted by molar-refractivity contribution is 6.31. The van der Waals surface area contributed by atoms with E-state index in [1.807, 2.05) is 6.07 Å². The minimum atomic E-state index is 0.928. The van der Waals surface area contributed by atoms with Crippen molar-refractivity contribution < 1.29 is 4.42 Å². The molecule has 0 aliphatic carbocycles. The van der Waals surface area contributed by atoms with E-state index >= 15 is 0 Å². The summed E-state index contributed by atoms with van der Waals surface area (Å²) in [5.74, 6) is 0. The average Bonchev–Trinajstić information content (AvgIpc) is 3.44. The Bertz CT molecular complexity index is 2410. The Kier molecular flexibility index (Phi) is 4.67. The van der Waals surface area contributed by atoms with Crippen LogP contribution in [0.2, 0.25) is 0 Å². The maximum atomic E-state index is 6.52. The first-order valence-corrected chi connectivity index (χ1v) is 14.1. The Labute approximate surface area is 236 Å². The molecule has 0 amide bonds. The van der Waals surface area contributed by atoms with Crippen LogP contribution in [0.4, 0.5) is 0 Å². The molecule has 0 bridgehead atoms. The monoisotopic (exact) mass is 520 g/mol. The molecular weight excluding hydrogens is 496 g/mol. The Balaban J connectivity index is 1.43. The summed E-state index contributed by atoms with van der Waals surface area (Å²) in [6.45, 7) is 0. The molecule has 0 spiro atoms. The van der Waals surface area contributed by atoms with Gasteiger partial charge >= 0.3 is 0 Å². The van der Waals surface area contributed by atoms with E-state index < -0.39 is 0 Å². The lowest BCUT2D eigenvalue weighted by Gasteiger charge is -2.18. The van der Waals surface area contributed by atoms with Crippen LogP contribution in [-0.2, 0) is 0 Å². The minimum Gasteiger partial charge on any atom is -0.455 e. The number of furan rings is 1. The molecule has 0 radical (unpaired) electrons. The standard InChI is InChI=1S/C40H24O/c1-2-12-25(13-3-1)37-29-16-6-8-18-31(29)38(32-19-9-7-17-30(32)37)26-22-23-33-35(24-26)27-14-4-5-15-28(27)39-34-20-10-11-21-36(34)41-40(33)39/h1-24H. The third kappa shape index (κ3) is 3.18. The third-order valence-electron chi connectivity index (χ3n) is 8.63. The predicted octanol–water partition coefficient (Wildman–Crippen LogP) is 11.5. The Morgan fingerprint density at radius 3 is 1.49 bits per heavy atom. The topological polar surface area (TPSA) is 13.1 Å². The average molecular weight is 521 g/mol. The summed E-state index contributed by atoms with van der Waals surface area (Å²) in [4.78, 5) is 0. The van der Waals surface area contributed by atoms with Gasteiger partial charge in [0.25, 0.3) is 0 Å². The van der Waals surface area contributed by atoms with Crippen LogP contribution >= 0.6 is 0 Å². The van der Waals surface area contributed by atoms with Crippen molar-refractivity contribution in [2.75, 3.05) is 0 Å². The molecule has 0 saturated carbocycles. The minimum absolute atomic E-state index is 0.928. The molecule has 1 aromatic heterocycles. The van der Waals surface area contributed by atoms with E-state index in [4.69, 9.17) is 4.42 Å². The molecule has 0 aliphatic heterocycles. The Morgan fingerprint density at radius 1 is 0.317 bits per heavy atom. The molecular formula is C40H24O. The number of hydrogen-bond donors (Lipinski definition) is 0. The predicted molar refractivity (Wildman–Crippen MR) is 175 cm³/mol. The maximum Gasteiger partial charge on any atom is 0.143 e. The van der Waals surface area contributed by atoms with Crippen molar-refractivity contribution in [2.45, 2.75) is 0 Å². The molecule has 9 aromatic rings. The van der Waals surface area contributed by atoms with Crippen molar-refractivity contribution >= 4 is 65.0 Å². The van der Waals surface area contributed by atoms with Crippen LogP contribution in [0.5, 0.6) is 0 Å². The Morgan fingerprint density at radius 2 is 0.829 bits per heavy atom. The van der Waals surface area contributed by atoms with Gasteiger partial charge in [0, 0.05) is 16.2 Å². The van der Waals surface area contributed by atoms with Crippen LogP contribution in [0.3, 0.4) is 0 Å². The molecule has 0 N–H and O–H groups in total. The second-order valence-corrected chi connectivity index (χ2v) is 10.8. The van der Waals surface area contributed by atoms with Crippen molar-refractivity contribution in [3.05, 3.63) is 146 Å². The fourth-order valence-corrected chi connectivity index (χ4v) is 6.91. The molecule has 0 fully saturated rings. The van der Waals surface area contributed by atoms with Gasteiger partial charge in [-0.1, -0.05) is 127 Å². The highest BCUT2D eigenvalue weighted by Crippen LogP contribution is 2.46. The summed E-state index contributed by atoms with van der Waals surface area (Å²) in [7, 11) is 0. The zero-order chi connectivity index (χ0) is 26.9. The first-order valence-electron chi connectivity index (χ1n) is 14.1. The summed E-state index contributed by atoms with van der Waals surface area (Å²) >= 11 is 0. The summed E-state index contributed by atoms with van der Waals surface area (Å²) in [6, 6.07) is 52.5. The van der Waals surface area contributed by atoms with Crippen LogP contribution < -0.4 is 0 Å². The summed E-state index contributed by atoms with van der Waals surface area (Å²) in [6.07, 6.45) is 0. The van der Waals surface area contributed by atoms with Crippen molar-refractivity contribution in [1.29, 1.82) is 0 Å². The number of hydrogen-bond acceptors (Lipinski definition) is 1. The number of benzene rings is 8. The van der Waals surface area contributed by atoms with E-state index in [1.54, 1.807) is 0 Å². The van der Waals surface area contributed by atoms with Crippen molar-refractivity contribution in [1.82, 2.24) is 0 Å².